The van der Waals surface area contributed by atoms with E-state index in [1.165, 1.54) is 99.1 Å². The van der Waals surface area contributed by atoms with Gasteiger partial charge in [-0.1, -0.05) is 188 Å². The maximum absolute atomic E-state index is 6.35. The highest BCUT2D eigenvalue weighted by Gasteiger charge is 2.53. The van der Waals surface area contributed by atoms with Crippen LogP contribution in [0.25, 0.3) is 132 Å². The van der Waals surface area contributed by atoms with Gasteiger partial charge in [-0.15, -0.1) is 0 Å². The largest absolute Gasteiger partial charge is 0.456 e. The Morgan fingerprint density at radius 3 is 1.39 bits per heavy atom. The molecule has 0 radical (unpaired) electrons. The highest BCUT2D eigenvalue weighted by molar-refractivity contribution is 6.22. The first-order chi connectivity index (χ1) is 34.2. The molecule has 69 heavy (non-hydrogen) atoms. The molecule has 2 heterocycles. The molecular formula is C67H38O2. The number of rotatable bonds is 3. The summed E-state index contributed by atoms with van der Waals surface area (Å²) in [7, 11) is 0. The summed E-state index contributed by atoms with van der Waals surface area (Å²) in [4.78, 5) is 0. The predicted molar refractivity (Wildman–Crippen MR) is 286 cm³/mol. The lowest BCUT2D eigenvalue weighted by atomic mass is 9.69. The van der Waals surface area contributed by atoms with Crippen molar-refractivity contribution in [2.45, 2.75) is 5.41 Å². The highest BCUT2D eigenvalue weighted by atomic mass is 16.3. The first-order valence-corrected chi connectivity index (χ1v) is 23.9. The fourth-order valence-electron chi connectivity index (χ4n) is 12.9. The quantitative estimate of drug-likeness (QED) is 0.165. The summed E-state index contributed by atoms with van der Waals surface area (Å²) in [5.41, 5.74) is 20.8. The zero-order chi connectivity index (χ0) is 45.0. The van der Waals surface area contributed by atoms with Crippen molar-refractivity contribution in [1.29, 1.82) is 0 Å². The van der Waals surface area contributed by atoms with E-state index in [1.54, 1.807) is 0 Å². The van der Waals surface area contributed by atoms with Crippen LogP contribution in [0.1, 0.15) is 22.3 Å². The zero-order valence-electron chi connectivity index (χ0n) is 37.3. The van der Waals surface area contributed by atoms with Crippen LogP contribution in [0.4, 0.5) is 0 Å². The highest BCUT2D eigenvalue weighted by Crippen LogP contribution is 2.65. The van der Waals surface area contributed by atoms with Crippen LogP contribution < -0.4 is 0 Å². The Balaban J connectivity index is 1.04. The average Bonchev–Trinajstić information content (AvgIpc) is 4.15. The number of furan rings is 2. The molecule has 2 aliphatic carbocycles. The molecule has 16 rings (SSSR count). The molecule has 1 spiro atoms. The van der Waals surface area contributed by atoms with Crippen molar-refractivity contribution in [2.75, 3.05) is 0 Å². The topological polar surface area (TPSA) is 26.3 Å². The van der Waals surface area contributed by atoms with Gasteiger partial charge in [-0.2, -0.15) is 0 Å². The van der Waals surface area contributed by atoms with Crippen LogP contribution in [0.15, 0.2) is 239 Å². The summed E-state index contributed by atoms with van der Waals surface area (Å²) in [6.07, 6.45) is 0. The van der Waals surface area contributed by atoms with E-state index in [0.29, 0.717) is 0 Å². The first kappa shape index (κ1) is 37.1. The van der Waals surface area contributed by atoms with Gasteiger partial charge in [0.1, 0.15) is 22.3 Å². The Morgan fingerprint density at radius 1 is 0.246 bits per heavy atom. The summed E-state index contributed by atoms with van der Waals surface area (Å²) >= 11 is 0. The molecule has 2 heteroatoms. The Hall–Kier alpha value is -8.98. The molecule has 1 atom stereocenters. The second-order valence-corrected chi connectivity index (χ2v) is 18.9. The van der Waals surface area contributed by atoms with Crippen LogP contribution >= 0.6 is 0 Å². The van der Waals surface area contributed by atoms with E-state index in [0.717, 1.165) is 55.0 Å². The zero-order valence-corrected chi connectivity index (χ0v) is 37.3. The molecule has 14 aromatic rings. The summed E-state index contributed by atoms with van der Waals surface area (Å²) in [6, 6.07) is 85.5. The summed E-state index contributed by atoms with van der Waals surface area (Å²) in [6.45, 7) is 0. The molecule has 2 aromatic heterocycles. The SMILES string of the molecule is c1ccc2c(c1)-c1ccc3ccccc3c1C21c2ccccc2-c2c(-c3c4cccc(-c5ccc6oc7ccccc7c6c5)c4cc4c(-c5ccc6oc7ccccc7c6c5)cccc34)cccc21. The fraction of sp³-hybridized carbons (Fsp3) is 0.0149. The fourth-order valence-corrected chi connectivity index (χ4v) is 12.9. The van der Waals surface area contributed by atoms with E-state index < -0.39 is 5.41 Å². The van der Waals surface area contributed by atoms with Gasteiger partial charge in [-0.25, -0.2) is 0 Å². The minimum absolute atomic E-state index is 0.517. The summed E-state index contributed by atoms with van der Waals surface area (Å²) in [5.74, 6) is 0. The van der Waals surface area contributed by atoms with Crippen LogP contribution in [-0.2, 0) is 5.41 Å². The molecule has 2 nitrogen and oxygen atoms in total. The minimum atomic E-state index is -0.517. The van der Waals surface area contributed by atoms with E-state index >= 15 is 0 Å². The molecule has 0 aliphatic heterocycles. The molecule has 318 valence electrons. The van der Waals surface area contributed by atoms with Crippen LogP contribution in [0.2, 0.25) is 0 Å². The third-order valence-electron chi connectivity index (χ3n) is 15.7. The van der Waals surface area contributed by atoms with Crippen molar-refractivity contribution < 1.29 is 8.83 Å². The predicted octanol–water partition coefficient (Wildman–Crippen LogP) is 18.3. The van der Waals surface area contributed by atoms with Gasteiger partial charge in [0.05, 0.1) is 5.41 Å². The van der Waals surface area contributed by atoms with E-state index in [4.69, 9.17) is 8.83 Å². The lowest BCUT2D eigenvalue weighted by molar-refractivity contribution is 0.668. The van der Waals surface area contributed by atoms with Gasteiger partial charge in [0.25, 0.3) is 0 Å². The standard InChI is InChI=1S/C67H38O2/c1-2-15-44-39(14-1)30-33-50-45-16-3-7-25-57(45)67(66(44)50)58-26-8-4-19-51(58)65-52(24-13-27-59(65)67)64-48-22-11-20-42(40-31-34-62-55(36-40)46-17-5-9-28-60(46)68-62)53(48)38-54-43(21-12-23-49(54)64)41-32-35-63-56(37-41)47-18-6-10-29-61(47)69-63/h1-38H. The number of hydrogen-bond donors (Lipinski definition) is 0. The van der Waals surface area contributed by atoms with Crippen molar-refractivity contribution >= 4 is 76.2 Å². The Kier molecular flexibility index (Phi) is 7.30. The van der Waals surface area contributed by atoms with E-state index in [1.807, 2.05) is 12.1 Å². The normalized spacial score (nSPS) is 14.7. The average molecular weight is 875 g/mol. The van der Waals surface area contributed by atoms with Gasteiger partial charge in [0, 0.05) is 21.5 Å². The van der Waals surface area contributed by atoms with Crippen LogP contribution in [0.5, 0.6) is 0 Å². The summed E-state index contributed by atoms with van der Waals surface area (Å²) < 4.78 is 12.7. The molecule has 0 N–H and O–H groups in total. The number of benzene rings is 12. The summed E-state index contributed by atoms with van der Waals surface area (Å²) in [5, 5.41) is 11.9. The monoisotopic (exact) mass is 874 g/mol. The molecule has 0 saturated heterocycles. The van der Waals surface area contributed by atoms with Crippen molar-refractivity contribution in [1.82, 2.24) is 0 Å². The molecule has 0 saturated carbocycles. The van der Waals surface area contributed by atoms with Crippen molar-refractivity contribution in [3.05, 3.63) is 253 Å². The van der Waals surface area contributed by atoms with Crippen molar-refractivity contribution in [3.8, 4) is 55.6 Å². The second kappa shape index (κ2) is 13.6. The van der Waals surface area contributed by atoms with Crippen molar-refractivity contribution in [2.24, 2.45) is 0 Å². The van der Waals surface area contributed by atoms with Crippen LogP contribution in [-0.4, -0.2) is 0 Å². The Bertz CT molecular complexity index is 4390. The van der Waals surface area contributed by atoms with Gasteiger partial charge >= 0.3 is 0 Å². The molecule has 1 unspecified atom stereocenters. The molecule has 0 bridgehead atoms. The molecule has 12 aromatic carbocycles. The number of fused-ring (bicyclic) bond motifs is 20. The van der Waals surface area contributed by atoms with E-state index in [2.05, 4.69) is 218 Å². The third-order valence-corrected chi connectivity index (χ3v) is 15.7. The van der Waals surface area contributed by atoms with Gasteiger partial charge in [-0.3, -0.25) is 0 Å². The minimum Gasteiger partial charge on any atom is -0.456 e. The molecule has 0 amide bonds. The Labute approximate surface area is 396 Å². The maximum Gasteiger partial charge on any atom is 0.135 e. The first-order valence-electron chi connectivity index (χ1n) is 23.9. The van der Waals surface area contributed by atoms with Gasteiger partial charge in [0.15, 0.2) is 0 Å². The number of hydrogen-bond acceptors (Lipinski definition) is 2. The number of para-hydroxylation sites is 2. The van der Waals surface area contributed by atoms with Gasteiger partial charge < -0.3 is 8.83 Å². The van der Waals surface area contributed by atoms with E-state index in [9.17, 15) is 0 Å². The lowest BCUT2D eigenvalue weighted by Gasteiger charge is -2.31. The lowest BCUT2D eigenvalue weighted by Crippen LogP contribution is -2.26. The second-order valence-electron chi connectivity index (χ2n) is 18.9. The molecule has 2 aliphatic rings. The van der Waals surface area contributed by atoms with Crippen LogP contribution in [0, 0.1) is 0 Å². The maximum atomic E-state index is 6.35. The molecule has 0 fully saturated rings. The molecular weight excluding hydrogens is 837 g/mol. The van der Waals surface area contributed by atoms with E-state index in [-0.39, 0.29) is 0 Å². The van der Waals surface area contributed by atoms with Crippen LogP contribution in [0.3, 0.4) is 0 Å². The third kappa shape index (κ3) is 4.84. The van der Waals surface area contributed by atoms with Gasteiger partial charge in [-0.05, 0) is 153 Å². The smallest absolute Gasteiger partial charge is 0.135 e. The Morgan fingerprint density at radius 2 is 0.725 bits per heavy atom. The van der Waals surface area contributed by atoms with Gasteiger partial charge in [0.2, 0.25) is 0 Å². The van der Waals surface area contributed by atoms with Crippen molar-refractivity contribution in [3.63, 3.8) is 0 Å².